The molecule has 0 saturated carbocycles. The number of aryl methyl sites for hydroxylation is 1. The number of aromatic nitrogens is 2. The lowest BCUT2D eigenvalue weighted by molar-refractivity contribution is -0.112. The van der Waals surface area contributed by atoms with Gasteiger partial charge in [0.2, 0.25) is 15.7 Å². The maximum atomic E-state index is 13.9. The Morgan fingerprint density at radius 2 is 1.88 bits per heavy atom. The number of sulfone groups is 1. The van der Waals surface area contributed by atoms with Crippen molar-refractivity contribution in [2.75, 3.05) is 0 Å². The second-order valence-electron chi connectivity index (χ2n) is 8.09. The van der Waals surface area contributed by atoms with Crippen LogP contribution in [0.4, 0.5) is 0 Å². The van der Waals surface area contributed by atoms with E-state index in [9.17, 15) is 23.1 Å². The van der Waals surface area contributed by atoms with Crippen molar-refractivity contribution >= 4 is 32.1 Å². The number of carbonyl (C=O) groups excluding carboxylic acids is 1. The minimum atomic E-state index is -4.43. The van der Waals surface area contributed by atoms with Crippen LogP contribution in [0.2, 0.25) is 0 Å². The van der Waals surface area contributed by atoms with Crippen LogP contribution in [-0.2, 0) is 33.0 Å². The highest BCUT2D eigenvalue weighted by molar-refractivity contribution is 9.10. The normalized spacial score (nSPS) is 17.4. The molecule has 1 aromatic heterocycles. The zero-order valence-electron chi connectivity index (χ0n) is 18.4. The Morgan fingerprint density at radius 1 is 1.18 bits per heavy atom. The van der Waals surface area contributed by atoms with Gasteiger partial charge in [0.25, 0.3) is 5.56 Å². The largest absolute Gasteiger partial charge is 0.492 e. The highest BCUT2D eigenvalue weighted by Gasteiger charge is 2.41. The predicted octanol–water partition coefficient (Wildman–Crippen LogP) is 3.94. The van der Waals surface area contributed by atoms with Crippen molar-refractivity contribution in [2.45, 2.75) is 47.9 Å². The number of unbranched alkanes of at least 4 members (excludes halogenated alkanes) is 1. The number of aldehydes is 1. The van der Waals surface area contributed by atoms with E-state index >= 15 is 0 Å². The fourth-order valence-electron chi connectivity index (χ4n) is 4.28. The lowest BCUT2D eigenvalue weighted by atomic mass is 9.81. The topological polar surface area (TPSA) is 106 Å². The second kappa shape index (κ2) is 9.31. The van der Waals surface area contributed by atoms with Gasteiger partial charge in [-0.2, -0.15) is 4.98 Å². The summed E-state index contributed by atoms with van der Waals surface area (Å²) < 4.78 is 28.7. The van der Waals surface area contributed by atoms with E-state index in [2.05, 4.69) is 20.9 Å². The Balaban J connectivity index is 2.07. The molecule has 2 aromatic carbocycles. The molecule has 34 heavy (non-hydrogen) atoms. The van der Waals surface area contributed by atoms with Gasteiger partial charge in [-0.1, -0.05) is 65.7 Å². The van der Waals surface area contributed by atoms with Crippen LogP contribution < -0.4 is 5.56 Å². The Labute approximate surface area is 205 Å². The van der Waals surface area contributed by atoms with E-state index in [1.54, 1.807) is 24.3 Å². The summed E-state index contributed by atoms with van der Waals surface area (Å²) >= 11 is 3.26. The number of nitrogens with zero attached hydrogens (tertiary/aromatic N) is 2. The molecular weight excluding hydrogens is 520 g/mol. The molecule has 0 bridgehead atoms. The van der Waals surface area contributed by atoms with Crippen LogP contribution in [-0.4, -0.2) is 29.4 Å². The van der Waals surface area contributed by atoms with Gasteiger partial charge in [-0.25, -0.2) is 8.42 Å². The molecule has 1 aliphatic rings. The number of aromatic hydroxyl groups is 1. The third kappa shape index (κ3) is 3.92. The summed E-state index contributed by atoms with van der Waals surface area (Å²) in [6, 6.07) is 12.9. The quantitative estimate of drug-likeness (QED) is 0.358. The zero-order valence-corrected chi connectivity index (χ0v) is 20.8. The SMILES string of the molecule is CCCCc1nc(O)c(S(=O)(=O)c2ccc(Br)cc2)c(=O)n1[C@@]1(C=O)C=CCc2ccccc21. The van der Waals surface area contributed by atoms with E-state index < -0.39 is 31.7 Å². The minimum absolute atomic E-state index is 0.146. The van der Waals surface area contributed by atoms with Crippen LogP contribution in [0.15, 0.2) is 79.7 Å². The fourth-order valence-corrected chi connectivity index (χ4v) is 5.88. The monoisotopic (exact) mass is 542 g/mol. The van der Waals surface area contributed by atoms with Crippen LogP contribution in [0.25, 0.3) is 0 Å². The van der Waals surface area contributed by atoms with E-state index in [0.29, 0.717) is 29.2 Å². The first kappa shape index (κ1) is 24.1. The van der Waals surface area contributed by atoms with E-state index in [1.165, 1.54) is 24.3 Å². The molecule has 4 rings (SSSR count). The molecule has 0 unspecified atom stereocenters. The average Bonchev–Trinajstić information content (AvgIpc) is 2.82. The van der Waals surface area contributed by atoms with E-state index in [4.69, 9.17) is 0 Å². The standard InChI is InChI=1S/C25H23BrN2O5S/c1-2-3-10-21-27-23(30)22(34(32,33)19-13-11-18(26)12-14-19)24(31)28(21)25(16-29)15-6-8-17-7-4-5-9-20(17)25/h4-7,9,11-16,30H,2-3,8,10H2,1H3/t25-/m1/s1. The van der Waals surface area contributed by atoms with Gasteiger partial charge in [-0.3, -0.25) is 14.2 Å². The number of fused-ring (bicyclic) bond motifs is 1. The zero-order chi connectivity index (χ0) is 24.5. The van der Waals surface area contributed by atoms with Crippen molar-refractivity contribution in [3.8, 4) is 5.88 Å². The molecule has 0 radical (unpaired) electrons. The van der Waals surface area contributed by atoms with Crippen LogP contribution in [0.1, 0.15) is 36.7 Å². The van der Waals surface area contributed by atoms with Crippen molar-refractivity contribution in [3.63, 3.8) is 0 Å². The number of carbonyl (C=O) groups is 1. The molecular formula is C25H23BrN2O5S. The Kier molecular flexibility index (Phi) is 6.60. The molecule has 7 nitrogen and oxygen atoms in total. The fraction of sp³-hybridized carbons (Fsp3) is 0.240. The maximum absolute atomic E-state index is 13.9. The molecule has 0 amide bonds. The first-order valence-electron chi connectivity index (χ1n) is 10.8. The van der Waals surface area contributed by atoms with E-state index in [1.807, 2.05) is 19.1 Å². The maximum Gasteiger partial charge on any atom is 0.278 e. The van der Waals surface area contributed by atoms with Crippen molar-refractivity contribution in [1.29, 1.82) is 0 Å². The summed E-state index contributed by atoms with van der Waals surface area (Å²) in [7, 11) is -4.43. The third-order valence-corrected chi connectivity index (χ3v) is 8.26. The van der Waals surface area contributed by atoms with Crippen molar-refractivity contribution in [1.82, 2.24) is 9.55 Å². The van der Waals surface area contributed by atoms with Crippen LogP contribution >= 0.6 is 15.9 Å². The molecule has 1 heterocycles. The van der Waals surface area contributed by atoms with Gasteiger partial charge in [0.15, 0.2) is 11.2 Å². The lowest BCUT2D eigenvalue weighted by Gasteiger charge is -2.34. The molecule has 1 aliphatic carbocycles. The molecule has 0 saturated heterocycles. The summed E-state index contributed by atoms with van der Waals surface area (Å²) in [4.78, 5) is 29.8. The Hall–Kier alpha value is -3.04. The van der Waals surface area contributed by atoms with Gasteiger partial charge in [0.05, 0.1) is 4.90 Å². The summed E-state index contributed by atoms with van der Waals surface area (Å²) in [5, 5.41) is 10.7. The van der Waals surface area contributed by atoms with Gasteiger partial charge in [0, 0.05) is 10.9 Å². The summed E-state index contributed by atoms with van der Waals surface area (Å²) in [6.45, 7) is 1.96. The molecule has 0 spiro atoms. The third-order valence-electron chi connectivity index (χ3n) is 5.95. The van der Waals surface area contributed by atoms with Gasteiger partial charge >= 0.3 is 0 Å². The molecule has 176 valence electrons. The van der Waals surface area contributed by atoms with E-state index in [0.717, 1.165) is 16.6 Å². The number of rotatable bonds is 7. The molecule has 1 atom stereocenters. The molecule has 3 aromatic rings. The molecule has 9 heteroatoms. The van der Waals surface area contributed by atoms with Crippen molar-refractivity contribution in [2.24, 2.45) is 0 Å². The first-order valence-corrected chi connectivity index (χ1v) is 13.1. The van der Waals surface area contributed by atoms with Crippen LogP contribution in [0.3, 0.4) is 0 Å². The van der Waals surface area contributed by atoms with Gasteiger partial charge in [-0.15, -0.1) is 0 Å². The van der Waals surface area contributed by atoms with E-state index in [-0.39, 0.29) is 17.1 Å². The lowest BCUT2D eigenvalue weighted by Crippen LogP contribution is -2.47. The number of allylic oxidation sites excluding steroid dienone is 2. The summed E-state index contributed by atoms with van der Waals surface area (Å²) in [6.07, 6.45) is 6.27. The minimum Gasteiger partial charge on any atom is -0.492 e. The smallest absolute Gasteiger partial charge is 0.278 e. The van der Waals surface area contributed by atoms with Crippen molar-refractivity contribution in [3.05, 3.63) is 92.5 Å². The summed E-state index contributed by atoms with van der Waals surface area (Å²) in [5.41, 5.74) is -1.16. The molecule has 1 N–H and O–H groups in total. The summed E-state index contributed by atoms with van der Waals surface area (Å²) in [5.74, 6) is -0.725. The average molecular weight is 543 g/mol. The number of hydrogen-bond acceptors (Lipinski definition) is 6. The van der Waals surface area contributed by atoms with Crippen molar-refractivity contribution < 1.29 is 18.3 Å². The predicted molar refractivity (Wildman–Crippen MR) is 131 cm³/mol. The van der Waals surface area contributed by atoms with Gasteiger partial charge in [-0.05, 0) is 48.2 Å². The molecule has 0 fully saturated rings. The van der Waals surface area contributed by atoms with Gasteiger partial charge in [0.1, 0.15) is 11.4 Å². The van der Waals surface area contributed by atoms with Gasteiger partial charge < -0.3 is 5.11 Å². The van der Waals surface area contributed by atoms with Crippen LogP contribution in [0.5, 0.6) is 5.88 Å². The first-order chi connectivity index (χ1) is 16.3. The number of hydrogen-bond donors (Lipinski definition) is 1. The number of halogens is 1. The highest BCUT2D eigenvalue weighted by atomic mass is 79.9. The van der Waals surface area contributed by atoms with Crippen LogP contribution in [0, 0.1) is 0 Å². The number of benzene rings is 2. The Bertz CT molecular complexity index is 1450. The Morgan fingerprint density at radius 3 is 2.56 bits per heavy atom. The molecule has 0 aliphatic heterocycles. The second-order valence-corrected chi connectivity index (χ2v) is 10.9. The highest BCUT2D eigenvalue weighted by Crippen LogP contribution is 2.35.